The second kappa shape index (κ2) is 15.1. The van der Waals surface area contributed by atoms with E-state index in [4.69, 9.17) is 4.74 Å². The van der Waals surface area contributed by atoms with E-state index in [0.717, 1.165) is 19.3 Å². The third-order valence-electron chi connectivity index (χ3n) is 5.22. The lowest BCUT2D eigenvalue weighted by molar-refractivity contribution is -0.222. The Bertz CT molecular complexity index is 465. The van der Waals surface area contributed by atoms with Crippen LogP contribution in [0, 0.1) is 5.41 Å². The molecule has 1 atom stereocenters. The molecule has 4 nitrogen and oxygen atoms in total. The van der Waals surface area contributed by atoms with Crippen molar-refractivity contribution in [3.8, 4) is 0 Å². The van der Waals surface area contributed by atoms with E-state index < -0.39 is 35.0 Å². The maximum Gasteiger partial charge on any atom is 0.426 e. The maximum atomic E-state index is 12.9. The molecule has 0 bridgehead atoms. The van der Waals surface area contributed by atoms with Crippen LogP contribution in [-0.2, 0) is 19.1 Å². The van der Waals surface area contributed by atoms with Crippen LogP contribution in [-0.4, -0.2) is 36.2 Å². The Hall–Kier alpha value is -0.790. The van der Waals surface area contributed by atoms with Crippen LogP contribution in [0.15, 0.2) is 0 Å². The molecule has 0 heterocycles. The number of esters is 2. The van der Waals surface area contributed by atoms with Gasteiger partial charge in [0.2, 0.25) is 6.10 Å². The van der Waals surface area contributed by atoms with Gasteiger partial charge in [0.25, 0.3) is 0 Å². The van der Waals surface area contributed by atoms with Gasteiger partial charge in [0.05, 0.1) is 6.61 Å². The van der Waals surface area contributed by atoms with Crippen LogP contribution in [0.2, 0.25) is 0 Å². The minimum Gasteiger partial charge on any atom is -0.465 e. The van der Waals surface area contributed by atoms with Gasteiger partial charge >= 0.3 is 18.1 Å². The molecule has 172 valence electrons. The Labute approximate surface area is 181 Å². The zero-order chi connectivity index (χ0) is 22.3. The molecular weight excluding hydrogens is 453 g/mol. The summed E-state index contributed by atoms with van der Waals surface area (Å²) in [5.41, 5.74) is -1.70. The number of alkyl halides is 4. The van der Waals surface area contributed by atoms with Crippen molar-refractivity contribution in [3.05, 3.63) is 0 Å². The SMILES string of the molecule is CCCCCCCCCCCOC(=O)C(CC)(CC)C(=O)OC(CBr)C(F)(F)F. The third-order valence-corrected chi connectivity index (χ3v) is 5.81. The molecule has 0 aliphatic carbocycles. The van der Waals surface area contributed by atoms with Crippen LogP contribution in [0.5, 0.6) is 0 Å². The molecule has 0 aromatic rings. The van der Waals surface area contributed by atoms with Gasteiger partial charge in [0, 0.05) is 5.33 Å². The average Bonchev–Trinajstić information content (AvgIpc) is 2.68. The summed E-state index contributed by atoms with van der Waals surface area (Å²) in [5, 5.41) is -0.584. The van der Waals surface area contributed by atoms with E-state index in [1.165, 1.54) is 32.1 Å². The molecule has 0 radical (unpaired) electrons. The second-order valence-electron chi connectivity index (χ2n) is 7.34. The van der Waals surface area contributed by atoms with Gasteiger partial charge in [-0.1, -0.05) is 88.1 Å². The van der Waals surface area contributed by atoms with Gasteiger partial charge < -0.3 is 9.47 Å². The molecular formula is C21H36BrF3O4. The van der Waals surface area contributed by atoms with E-state index in [0.29, 0.717) is 6.42 Å². The Morgan fingerprint density at radius 3 is 1.72 bits per heavy atom. The van der Waals surface area contributed by atoms with Crippen molar-refractivity contribution in [2.75, 3.05) is 11.9 Å². The van der Waals surface area contributed by atoms with E-state index in [1.54, 1.807) is 13.8 Å². The summed E-state index contributed by atoms with van der Waals surface area (Å²) in [7, 11) is 0. The summed E-state index contributed by atoms with van der Waals surface area (Å²) in [6.45, 7) is 5.48. The normalized spacial score (nSPS) is 13.2. The predicted octanol–water partition coefficient (Wildman–Crippen LogP) is 6.74. The number of ether oxygens (including phenoxy) is 2. The fourth-order valence-corrected chi connectivity index (χ4v) is 3.55. The average molecular weight is 489 g/mol. The quantitative estimate of drug-likeness (QED) is 0.104. The van der Waals surface area contributed by atoms with E-state index in [2.05, 4.69) is 27.6 Å². The Morgan fingerprint density at radius 1 is 0.828 bits per heavy atom. The molecule has 0 saturated heterocycles. The monoisotopic (exact) mass is 488 g/mol. The number of carbonyl (C=O) groups is 2. The number of halogens is 4. The number of hydrogen-bond donors (Lipinski definition) is 0. The molecule has 29 heavy (non-hydrogen) atoms. The van der Waals surface area contributed by atoms with E-state index >= 15 is 0 Å². The van der Waals surface area contributed by atoms with Crippen LogP contribution in [0.1, 0.15) is 91.4 Å². The van der Waals surface area contributed by atoms with Crippen LogP contribution in [0.3, 0.4) is 0 Å². The molecule has 0 spiro atoms. The second-order valence-corrected chi connectivity index (χ2v) is 7.99. The Morgan fingerprint density at radius 2 is 1.31 bits per heavy atom. The van der Waals surface area contributed by atoms with Crippen LogP contribution < -0.4 is 0 Å². The van der Waals surface area contributed by atoms with Crippen LogP contribution in [0.4, 0.5) is 13.2 Å². The first-order chi connectivity index (χ1) is 13.7. The van der Waals surface area contributed by atoms with Gasteiger partial charge in [-0.15, -0.1) is 0 Å². The van der Waals surface area contributed by atoms with Crippen molar-refractivity contribution in [1.82, 2.24) is 0 Å². The van der Waals surface area contributed by atoms with Gasteiger partial charge in [-0.3, -0.25) is 9.59 Å². The maximum absolute atomic E-state index is 12.9. The molecule has 0 aliphatic heterocycles. The lowest BCUT2D eigenvalue weighted by Crippen LogP contribution is -2.45. The molecule has 0 amide bonds. The first-order valence-corrected chi connectivity index (χ1v) is 11.8. The largest absolute Gasteiger partial charge is 0.465 e. The fraction of sp³-hybridized carbons (Fsp3) is 0.905. The first-order valence-electron chi connectivity index (χ1n) is 10.7. The van der Waals surface area contributed by atoms with E-state index in [1.807, 2.05) is 0 Å². The molecule has 0 aromatic carbocycles. The molecule has 1 unspecified atom stereocenters. The molecule has 0 aliphatic rings. The molecule has 0 aromatic heterocycles. The highest BCUT2D eigenvalue weighted by Gasteiger charge is 2.50. The molecule has 0 rings (SSSR count). The van der Waals surface area contributed by atoms with Gasteiger partial charge in [-0.05, 0) is 19.3 Å². The summed E-state index contributed by atoms with van der Waals surface area (Å²) in [4.78, 5) is 24.9. The number of carbonyl (C=O) groups excluding carboxylic acids is 2. The molecule has 0 saturated carbocycles. The topological polar surface area (TPSA) is 52.6 Å². The van der Waals surface area contributed by atoms with Crippen molar-refractivity contribution in [1.29, 1.82) is 0 Å². The fourth-order valence-electron chi connectivity index (χ4n) is 3.05. The van der Waals surface area contributed by atoms with Gasteiger partial charge in [-0.2, -0.15) is 13.2 Å². The highest BCUT2D eigenvalue weighted by molar-refractivity contribution is 9.09. The Kier molecular flexibility index (Phi) is 14.7. The first kappa shape index (κ1) is 28.2. The van der Waals surface area contributed by atoms with Crippen molar-refractivity contribution >= 4 is 27.9 Å². The van der Waals surface area contributed by atoms with Crippen molar-refractivity contribution < 1.29 is 32.2 Å². The molecule has 0 fully saturated rings. The summed E-state index contributed by atoms with van der Waals surface area (Å²) in [6, 6.07) is 0. The minimum atomic E-state index is -4.70. The van der Waals surface area contributed by atoms with Gasteiger partial charge in [-0.25, -0.2) is 0 Å². The van der Waals surface area contributed by atoms with Crippen molar-refractivity contribution in [3.63, 3.8) is 0 Å². The molecule has 8 heteroatoms. The minimum absolute atomic E-state index is 0.0196. The third kappa shape index (κ3) is 10.2. The van der Waals surface area contributed by atoms with Crippen molar-refractivity contribution in [2.45, 2.75) is 104 Å². The zero-order valence-corrected chi connectivity index (χ0v) is 19.5. The van der Waals surface area contributed by atoms with Gasteiger partial charge in [0.1, 0.15) is 0 Å². The van der Waals surface area contributed by atoms with Gasteiger partial charge in [0.15, 0.2) is 5.41 Å². The standard InChI is InChI=1S/C21H36BrF3O4/c1-4-7-8-9-10-11-12-13-14-15-28-18(26)20(5-2,6-3)19(27)29-17(16-22)21(23,24)25/h17H,4-16H2,1-3H3. The summed E-state index contributed by atoms with van der Waals surface area (Å²) in [5.74, 6) is -1.98. The lowest BCUT2D eigenvalue weighted by atomic mass is 9.82. The smallest absolute Gasteiger partial charge is 0.426 e. The highest BCUT2D eigenvalue weighted by atomic mass is 79.9. The van der Waals surface area contributed by atoms with Crippen LogP contribution >= 0.6 is 15.9 Å². The highest BCUT2D eigenvalue weighted by Crippen LogP contribution is 2.33. The summed E-state index contributed by atoms with van der Waals surface area (Å²) >= 11 is 2.70. The Balaban J connectivity index is 4.46. The number of unbranched alkanes of at least 4 members (excludes halogenated alkanes) is 8. The van der Waals surface area contributed by atoms with Crippen molar-refractivity contribution in [2.24, 2.45) is 5.41 Å². The lowest BCUT2D eigenvalue weighted by Gasteiger charge is -2.29. The van der Waals surface area contributed by atoms with Crippen LogP contribution in [0.25, 0.3) is 0 Å². The number of hydrogen-bond acceptors (Lipinski definition) is 4. The zero-order valence-electron chi connectivity index (χ0n) is 17.9. The summed E-state index contributed by atoms with van der Waals surface area (Å²) in [6.07, 6.45) is 3.04. The van der Waals surface area contributed by atoms with E-state index in [9.17, 15) is 22.8 Å². The number of rotatable bonds is 16. The van der Waals surface area contributed by atoms with E-state index in [-0.39, 0.29) is 19.4 Å². The predicted molar refractivity (Wildman–Crippen MR) is 111 cm³/mol. The molecule has 0 N–H and O–H groups in total. The summed E-state index contributed by atoms with van der Waals surface area (Å²) < 4.78 is 48.5.